The predicted octanol–water partition coefficient (Wildman–Crippen LogP) is 5.80. The Morgan fingerprint density at radius 2 is 1.44 bits per heavy atom. The summed E-state index contributed by atoms with van der Waals surface area (Å²) in [6.07, 6.45) is 26.5. The molecule has 1 rings (SSSR count). The molecule has 1 unspecified atom stereocenters. The minimum atomic E-state index is 0.731. The van der Waals surface area contributed by atoms with Gasteiger partial charge in [0.1, 0.15) is 13.1 Å². The van der Waals surface area contributed by atoms with Crippen LogP contribution in [0.1, 0.15) is 96.8 Å². The van der Waals surface area contributed by atoms with E-state index in [-0.39, 0.29) is 0 Å². The Balaban J connectivity index is 1.86. The van der Waals surface area contributed by atoms with Crippen LogP contribution in [0, 0.1) is 0 Å². The van der Waals surface area contributed by atoms with Crippen LogP contribution in [0.4, 0.5) is 0 Å². The molecule has 1 heterocycles. The number of unbranched alkanes of at least 4 members (excludes halogenated alkanes) is 13. The Hall–Kier alpha value is -0.670. The maximum Gasteiger partial charge on any atom is 0.190 e. The number of quaternary nitrogens is 1. The maximum atomic E-state index is 5.74. The Labute approximate surface area is 157 Å². The van der Waals surface area contributed by atoms with Gasteiger partial charge in [0.25, 0.3) is 0 Å². The second kappa shape index (κ2) is 15.6. The summed E-state index contributed by atoms with van der Waals surface area (Å²) in [5.74, 6) is 0. The standard InChI is InChI=1S/C22H44N3/c1-2-3-4-5-6-7-8-9-10-11-12-13-14-15-16-19-25(20-17-23)21-18-24-22-25/h16,19,22H,2-15,17-18,20-21,23H2,1H3/q+1. The number of nitrogens with zero attached hydrogens (tertiary/aromatic N) is 2. The topological polar surface area (TPSA) is 38.4 Å². The smallest absolute Gasteiger partial charge is 0.190 e. The van der Waals surface area contributed by atoms with Crippen molar-refractivity contribution in [1.29, 1.82) is 0 Å². The average molecular weight is 351 g/mol. The van der Waals surface area contributed by atoms with Gasteiger partial charge in [0.05, 0.1) is 12.7 Å². The first-order chi connectivity index (χ1) is 12.3. The molecule has 0 aromatic carbocycles. The van der Waals surface area contributed by atoms with Crippen LogP contribution in [-0.4, -0.2) is 37.0 Å². The fourth-order valence-electron chi connectivity index (χ4n) is 3.68. The van der Waals surface area contributed by atoms with Gasteiger partial charge in [-0.25, -0.2) is 4.99 Å². The van der Waals surface area contributed by atoms with E-state index in [1.54, 1.807) is 0 Å². The number of hydrogen-bond acceptors (Lipinski definition) is 2. The summed E-state index contributed by atoms with van der Waals surface area (Å²) >= 11 is 0. The molecule has 0 aromatic rings. The van der Waals surface area contributed by atoms with Crippen LogP contribution < -0.4 is 5.73 Å². The summed E-state index contributed by atoms with van der Waals surface area (Å²) in [5, 5.41) is 0. The molecule has 0 aromatic heterocycles. The summed E-state index contributed by atoms with van der Waals surface area (Å²) in [7, 11) is 0. The molecule has 0 amide bonds. The molecule has 1 aliphatic heterocycles. The van der Waals surface area contributed by atoms with Gasteiger partial charge < -0.3 is 5.73 Å². The van der Waals surface area contributed by atoms with Crippen molar-refractivity contribution >= 4 is 6.34 Å². The van der Waals surface area contributed by atoms with Gasteiger partial charge in [-0.05, 0) is 18.9 Å². The number of aliphatic imine (C=N–C) groups is 1. The Bertz CT molecular complexity index is 351. The third-order valence-corrected chi connectivity index (χ3v) is 5.38. The average Bonchev–Trinajstić information content (AvgIpc) is 3.07. The van der Waals surface area contributed by atoms with Crippen molar-refractivity contribution in [3.63, 3.8) is 0 Å². The normalized spacial score (nSPS) is 20.1. The van der Waals surface area contributed by atoms with Gasteiger partial charge in [-0.1, -0.05) is 84.0 Å². The summed E-state index contributed by atoms with van der Waals surface area (Å²) in [6, 6.07) is 0. The van der Waals surface area contributed by atoms with E-state index in [0.717, 1.165) is 30.7 Å². The monoisotopic (exact) mass is 350 g/mol. The Kier molecular flexibility index (Phi) is 13.9. The molecule has 3 nitrogen and oxygen atoms in total. The minimum absolute atomic E-state index is 0.731. The summed E-state index contributed by atoms with van der Waals surface area (Å²) in [4.78, 5) is 4.38. The van der Waals surface area contributed by atoms with E-state index in [1.165, 1.54) is 89.9 Å². The van der Waals surface area contributed by atoms with E-state index in [2.05, 4.69) is 30.5 Å². The molecule has 0 spiro atoms. The van der Waals surface area contributed by atoms with E-state index >= 15 is 0 Å². The van der Waals surface area contributed by atoms with Gasteiger partial charge in [-0.2, -0.15) is 0 Å². The predicted molar refractivity (Wildman–Crippen MR) is 112 cm³/mol. The molecule has 0 saturated heterocycles. The SMILES string of the molecule is CCCCCCCCCCCCCCCC=C[N+]1(CCN)C=NCC1. The van der Waals surface area contributed by atoms with E-state index in [0.29, 0.717) is 0 Å². The number of nitrogens with two attached hydrogens (primary N) is 1. The van der Waals surface area contributed by atoms with Crippen molar-refractivity contribution in [2.24, 2.45) is 10.7 Å². The number of allylic oxidation sites excluding steroid dienone is 1. The Morgan fingerprint density at radius 3 is 1.92 bits per heavy atom. The fourth-order valence-corrected chi connectivity index (χ4v) is 3.68. The van der Waals surface area contributed by atoms with Gasteiger partial charge in [0, 0.05) is 6.54 Å². The molecular weight excluding hydrogens is 306 g/mol. The second-order valence-electron chi connectivity index (χ2n) is 7.78. The zero-order chi connectivity index (χ0) is 18.1. The Morgan fingerprint density at radius 1 is 0.880 bits per heavy atom. The van der Waals surface area contributed by atoms with E-state index < -0.39 is 0 Å². The van der Waals surface area contributed by atoms with Crippen molar-refractivity contribution < 1.29 is 4.48 Å². The molecule has 0 saturated carbocycles. The lowest BCUT2D eigenvalue weighted by Crippen LogP contribution is -2.43. The van der Waals surface area contributed by atoms with Crippen molar-refractivity contribution in [2.75, 3.05) is 26.2 Å². The molecule has 25 heavy (non-hydrogen) atoms. The molecule has 2 N–H and O–H groups in total. The van der Waals surface area contributed by atoms with Gasteiger partial charge in [-0.15, -0.1) is 0 Å². The molecule has 3 heteroatoms. The van der Waals surface area contributed by atoms with Crippen molar-refractivity contribution in [3.05, 3.63) is 12.3 Å². The quantitative estimate of drug-likeness (QED) is 0.261. The van der Waals surface area contributed by atoms with E-state index in [4.69, 9.17) is 5.73 Å². The minimum Gasteiger partial charge on any atom is -0.326 e. The van der Waals surface area contributed by atoms with E-state index in [1.807, 2.05) is 0 Å². The third kappa shape index (κ3) is 11.5. The summed E-state index contributed by atoms with van der Waals surface area (Å²) in [6.45, 7) is 6.04. The maximum absolute atomic E-state index is 5.74. The molecule has 0 bridgehead atoms. The van der Waals surface area contributed by atoms with Crippen LogP contribution in [0.3, 0.4) is 0 Å². The molecule has 146 valence electrons. The molecular formula is C22H44N3+. The fraction of sp³-hybridized carbons (Fsp3) is 0.864. The zero-order valence-corrected chi connectivity index (χ0v) is 16.9. The first-order valence-corrected chi connectivity index (χ1v) is 11.1. The summed E-state index contributed by atoms with van der Waals surface area (Å²) < 4.78 is 0.870. The third-order valence-electron chi connectivity index (χ3n) is 5.38. The first-order valence-electron chi connectivity index (χ1n) is 11.1. The second-order valence-corrected chi connectivity index (χ2v) is 7.78. The lowest BCUT2D eigenvalue weighted by atomic mass is 10.0. The van der Waals surface area contributed by atoms with Crippen LogP contribution >= 0.6 is 0 Å². The molecule has 0 fully saturated rings. The zero-order valence-electron chi connectivity index (χ0n) is 16.9. The van der Waals surface area contributed by atoms with Crippen LogP contribution in [0.2, 0.25) is 0 Å². The van der Waals surface area contributed by atoms with Gasteiger partial charge >= 0.3 is 0 Å². The highest BCUT2D eigenvalue weighted by atomic mass is 15.4. The number of rotatable bonds is 17. The molecule has 1 aliphatic rings. The highest BCUT2D eigenvalue weighted by molar-refractivity contribution is 5.49. The molecule has 1 atom stereocenters. The van der Waals surface area contributed by atoms with Crippen molar-refractivity contribution in [1.82, 2.24) is 0 Å². The van der Waals surface area contributed by atoms with Crippen LogP contribution in [0.15, 0.2) is 17.3 Å². The first kappa shape index (κ1) is 22.4. The lowest BCUT2D eigenvalue weighted by Gasteiger charge is -2.24. The molecule has 0 aliphatic carbocycles. The summed E-state index contributed by atoms with van der Waals surface area (Å²) in [5.41, 5.74) is 5.74. The van der Waals surface area contributed by atoms with Crippen molar-refractivity contribution in [3.8, 4) is 0 Å². The van der Waals surface area contributed by atoms with Gasteiger partial charge in [-0.3, -0.25) is 4.48 Å². The molecule has 0 radical (unpaired) electrons. The van der Waals surface area contributed by atoms with Crippen LogP contribution in [0.25, 0.3) is 0 Å². The van der Waals surface area contributed by atoms with Crippen LogP contribution in [0.5, 0.6) is 0 Å². The number of hydrogen-bond donors (Lipinski definition) is 1. The highest BCUT2D eigenvalue weighted by Crippen LogP contribution is 2.14. The van der Waals surface area contributed by atoms with E-state index in [9.17, 15) is 0 Å². The van der Waals surface area contributed by atoms with Crippen molar-refractivity contribution in [2.45, 2.75) is 96.8 Å². The van der Waals surface area contributed by atoms with Gasteiger partial charge in [0.2, 0.25) is 0 Å². The largest absolute Gasteiger partial charge is 0.326 e. The lowest BCUT2D eigenvalue weighted by molar-refractivity contribution is -0.772. The highest BCUT2D eigenvalue weighted by Gasteiger charge is 2.25. The van der Waals surface area contributed by atoms with Gasteiger partial charge in [0.15, 0.2) is 6.34 Å². The van der Waals surface area contributed by atoms with Crippen LogP contribution in [-0.2, 0) is 0 Å².